The molecule has 1 aliphatic rings. The molecule has 1 aliphatic heterocycles. The Labute approximate surface area is 219 Å². The monoisotopic (exact) mass is 546 g/mol. The fourth-order valence-corrected chi connectivity index (χ4v) is 7.30. The number of thioether (sulfide) groups is 1. The molecule has 0 fully saturated rings. The van der Waals surface area contributed by atoms with Crippen LogP contribution in [0.2, 0.25) is 0 Å². The molecule has 0 spiro atoms. The van der Waals surface area contributed by atoms with Crippen molar-refractivity contribution in [2.75, 3.05) is 11.5 Å². The minimum absolute atomic E-state index is 0. The number of hydrogen-bond acceptors (Lipinski definition) is 6. The van der Waals surface area contributed by atoms with Gasteiger partial charge in [0.25, 0.3) is 5.56 Å². The molecule has 0 saturated carbocycles. The van der Waals surface area contributed by atoms with E-state index in [2.05, 4.69) is 4.98 Å². The van der Waals surface area contributed by atoms with Gasteiger partial charge in [0.15, 0.2) is 9.84 Å². The Morgan fingerprint density at radius 1 is 1.00 bits per heavy atom. The highest BCUT2D eigenvalue weighted by atomic mass is 35.5. The van der Waals surface area contributed by atoms with Crippen molar-refractivity contribution in [2.24, 2.45) is 0 Å². The summed E-state index contributed by atoms with van der Waals surface area (Å²) >= 11 is 1.70. The summed E-state index contributed by atoms with van der Waals surface area (Å²) in [7, 11) is -3.69. The molecule has 190 valence electrons. The number of fused-ring (bicyclic) bond motifs is 2. The molecule has 0 N–H and O–H groups in total. The van der Waals surface area contributed by atoms with Crippen LogP contribution in [0.1, 0.15) is 30.4 Å². The number of aromatic nitrogens is 4. The smallest absolute Gasteiger partial charge is 0.294 e. The van der Waals surface area contributed by atoms with Crippen LogP contribution in [0.15, 0.2) is 80.6 Å². The molecule has 4 heterocycles. The maximum Gasteiger partial charge on any atom is 0.331 e. The lowest BCUT2D eigenvalue weighted by atomic mass is 10.1. The van der Waals surface area contributed by atoms with Crippen LogP contribution in [0.3, 0.4) is 0 Å². The number of sulfone groups is 1. The quantitative estimate of drug-likeness (QED) is 0.191. The zero-order valence-electron chi connectivity index (χ0n) is 19.6. The van der Waals surface area contributed by atoms with E-state index in [1.165, 1.54) is 9.13 Å². The highest BCUT2D eigenvalue weighted by Crippen LogP contribution is 2.22. The lowest BCUT2D eigenvalue weighted by Gasteiger charge is -2.23. The van der Waals surface area contributed by atoms with Gasteiger partial charge in [-0.3, -0.25) is 18.3 Å². The highest BCUT2D eigenvalue weighted by molar-refractivity contribution is 7.99. The van der Waals surface area contributed by atoms with E-state index in [1.807, 2.05) is 59.1 Å². The number of imidazole rings is 1. The summed E-state index contributed by atoms with van der Waals surface area (Å²) in [6, 6.07) is 15.3. The third kappa shape index (κ3) is 5.16. The Bertz CT molecular complexity index is 1590. The first-order valence-corrected chi connectivity index (χ1v) is 14.3. The summed E-state index contributed by atoms with van der Waals surface area (Å²) in [6.45, 7) is 0.565. The van der Waals surface area contributed by atoms with Gasteiger partial charge < -0.3 is 0 Å². The Morgan fingerprint density at radius 2 is 1.81 bits per heavy atom. The van der Waals surface area contributed by atoms with Gasteiger partial charge in [-0.1, -0.05) is 36.4 Å². The lowest BCUT2D eigenvalue weighted by molar-refractivity contribution is 0.463. The molecule has 0 radical (unpaired) electrons. The van der Waals surface area contributed by atoms with Crippen LogP contribution in [0.5, 0.6) is 0 Å². The minimum atomic E-state index is -3.69. The number of hydrogen-bond donors (Lipinski definition) is 0. The van der Waals surface area contributed by atoms with Crippen molar-refractivity contribution < 1.29 is 8.42 Å². The number of unbranched alkanes of at least 4 members (excludes halogenated alkanes) is 1. The fraction of sp³-hybridized carbons (Fsp3) is 0.320. The Hall–Kier alpha value is -2.82. The molecular formula is C25H27ClN4O4S2. The molecule has 0 unspecified atom stereocenters. The van der Waals surface area contributed by atoms with E-state index >= 15 is 0 Å². The Morgan fingerprint density at radius 3 is 2.61 bits per heavy atom. The molecule has 0 bridgehead atoms. The number of rotatable bonds is 8. The van der Waals surface area contributed by atoms with Crippen LogP contribution in [0.4, 0.5) is 0 Å². The van der Waals surface area contributed by atoms with Gasteiger partial charge in [0.05, 0.1) is 16.3 Å². The molecule has 0 saturated heterocycles. The van der Waals surface area contributed by atoms with Gasteiger partial charge >= 0.3 is 5.69 Å². The summed E-state index contributed by atoms with van der Waals surface area (Å²) in [5.74, 6) is 0.780. The Kier molecular flexibility index (Phi) is 8.07. The molecule has 3 aromatic heterocycles. The highest BCUT2D eigenvalue weighted by Gasteiger charge is 2.31. The van der Waals surface area contributed by atoms with Crippen LogP contribution < -0.4 is 11.2 Å². The van der Waals surface area contributed by atoms with E-state index in [1.54, 1.807) is 18.0 Å². The van der Waals surface area contributed by atoms with Gasteiger partial charge in [0, 0.05) is 31.9 Å². The van der Waals surface area contributed by atoms with Gasteiger partial charge in [0.2, 0.25) is 0 Å². The molecule has 8 nitrogen and oxygen atoms in total. The average Bonchev–Trinajstić information content (AvgIpc) is 3.33. The number of pyridine rings is 1. The van der Waals surface area contributed by atoms with E-state index in [-0.39, 0.29) is 41.7 Å². The normalized spacial score (nSPS) is 14.3. The molecule has 0 amide bonds. The van der Waals surface area contributed by atoms with Crippen LogP contribution in [0, 0.1) is 0 Å². The van der Waals surface area contributed by atoms with Crippen molar-refractivity contribution >= 4 is 39.7 Å². The molecule has 11 heteroatoms. The van der Waals surface area contributed by atoms with Crippen LogP contribution in [-0.4, -0.2) is 38.4 Å². The second kappa shape index (κ2) is 11.1. The van der Waals surface area contributed by atoms with Crippen LogP contribution >= 0.6 is 24.2 Å². The van der Waals surface area contributed by atoms with E-state index in [0.29, 0.717) is 19.4 Å². The van der Waals surface area contributed by atoms with Gasteiger partial charge in [-0.05, 0) is 42.7 Å². The van der Waals surface area contributed by atoms with Gasteiger partial charge in [-0.15, -0.1) is 24.2 Å². The predicted octanol–water partition coefficient (Wildman–Crippen LogP) is 3.42. The zero-order valence-corrected chi connectivity index (χ0v) is 22.0. The lowest BCUT2D eigenvalue weighted by Crippen LogP contribution is -2.46. The van der Waals surface area contributed by atoms with Gasteiger partial charge in [0.1, 0.15) is 10.7 Å². The summed E-state index contributed by atoms with van der Waals surface area (Å²) < 4.78 is 30.3. The maximum atomic E-state index is 13.4. The number of halogens is 1. The molecule has 0 atom stereocenters. The zero-order chi connectivity index (χ0) is 24.4. The van der Waals surface area contributed by atoms with E-state index in [9.17, 15) is 18.0 Å². The first-order valence-electron chi connectivity index (χ1n) is 11.6. The summed E-state index contributed by atoms with van der Waals surface area (Å²) in [4.78, 5) is 30.9. The molecule has 4 aromatic rings. The first-order chi connectivity index (χ1) is 17.0. The minimum Gasteiger partial charge on any atom is -0.294 e. The van der Waals surface area contributed by atoms with Crippen molar-refractivity contribution in [3.8, 4) is 0 Å². The standard InChI is InChI=1S/C25H26N4O4S2.ClH/c30-23-20(18-19-8-2-1-3-9-19)24-29(14-7-17-35(24,32)33)25(31)28(23)13-4-5-16-34-22-11-6-10-21-26-12-15-27(21)22;/h1-3,6,8-12,15H,4-5,7,13-14,16-18H2;1H. The summed E-state index contributed by atoms with van der Waals surface area (Å²) in [5.41, 5.74) is 0.900. The SMILES string of the molecule is Cl.O=c1c(Cc2ccccc2)c2n(c(=O)n1CCCCSc1cccc3nccn13)CCCS2(=O)=O. The predicted molar refractivity (Wildman–Crippen MR) is 143 cm³/mol. The topological polar surface area (TPSA) is 95.4 Å². The molecule has 36 heavy (non-hydrogen) atoms. The third-order valence-electron chi connectivity index (χ3n) is 6.20. The molecule has 5 rings (SSSR count). The van der Waals surface area contributed by atoms with E-state index in [4.69, 9.17) is 0 Å². The van der Waals surface area contributed by atoms with E-state index < -0.39 is 21.1 Å². The van der Waals surface area contributed by atoms with Crippen LogP contribution in [-0.2, 0) is 29.3 Å². The fourth-order valence-electron chi connectivity index (χ4n) is 4.54. The number of benzene rings is 1. The van der Waals surface area contributed by atoms with Crippen molar-refractivity contribution in [3.05, 3.63) is 92.9 Å². The largest absolute Gasteiger partial charge is 0.331 e. The molecule has 0 aliphatic carbocycles. The second-order valence-electron chi connectivity index (χ2n) is 8.58. The molecule has 1 aromatic carbocycles. The van der Waals surface area contributed by atoms with Gasteiger partial charge in [-0.25, -0.2) is 18.2 Å². The van der Waals surface area contributed by atoms with Crippen molar-refractivity contribution in [1.29, 1.82) is 0 Å². The van der Waals surface area contributed by atoms with Crippen LogP contribution in [0.25, 0.3) is 5.65 Å². The number of nitrogens with zero attached hydrogens (tertiary/aromatic N) is 4. The third-order valence-corrected chi connectivity index (χ3v) is 9.20. The molecular weight excluding hydrogens is 520 g/mol. The summed E-state index contributed by atoms with van der Waals surface area (Å²) in [6.07, 6.45) is 5.68. The van der Waals surface area contributed by atoms with Gasteiger partial charge in [-0.2, -0.15) is 0 Å². The van der Waals surface area contributed by atoms with Crippen molar-refractivity contribution in [1.82, 2.24) is 18.5 Å². The Balaban J connectivity index is 0.00000304. The van der Waals surface area contributed by atoms with Crippen molar-refractivity contribution in [3.63, 3.8) is 0 Å². The average molecular weight is 547 g/mol. The van der Waals surface area contributed by atoms with E-state index in [0.717, 1.165) is 28.4 Å². The van der Waals surface area contributed by atoms with Crippen molar-refractivity contribution in [2.45, 2.75) is 48.8 Å². The first kappa shape index (κ1) is 26.2. The second-order valence-corrected chi connectivity index (χ2v) is 11.7. The maximum absolute atomic E-state index is 13.4. The summed E-state index contributed by atoms with van der Waals surface area (Å²) in [5, 5.41) is 0.990.